The highest BCUT2D eigenvalue weighted by atomic mass is 16.3. The average Bonchev–Trinajstić information content (AvgIpc) is 3.40. The molecule has 0 saturated carbocycles. The van der Waals surface area contributed by atoms with Crippen molar-refractivity contribution in [1.29, 1.82) is 0 Å². The minimum absolute atomic E-state index is 0.00252. The Bertz CT molecular complexity index is 1770. The van der Waals surface area contributed by atoms with Gasteiger partial charge < -0.3 is 9.32 Å². The zero-order valence-corrected chi connectivity index (χ0v) is 20.7. The molecule has 1 aromatic heterocycles. The van der Waals surface area contributed by atoms with Crippen LogP contribution in [0.4, 0.5) is 11.4 Å². The van der Waals surface area contributed by atoms with Gasteiger partial charge in [-0.05, 0) is 75.8 Å². The zero-order valence-electron chi connectivity index (χ0n) is 20.7. The van der Waals surface area contributed by atoms with Crippen LogP contribution in [0.5, 0.6) is 0 Å². The Morgan fingerprint density at radius 3 is 2.08 bits per heavy atom. The second-order valence-electron chi connectivity index (χ2n) is 10.3. The molecule has 6 aromatic rings. The number of hydrogen-bond donors (Lipinski definition) is 0. The van der Waals surface area contributed by atoms with Crippen molar-refractivity contribution < 1.29 is 4.42 Å². The quantitative estimate of drug-likeness (QED) is 0.259. The molecule has 2 heteroatoms. The normalized spacial score (nSPS) is 13.6. The standard InChI is InChI=1S/C34H27NO/c1-34(2)30-10-6-4-8-26(30)27-18-17-25(21-31(27)34)35(3)24-15-12-22(13-16-24)23-14-19-33-29(20-23)28-9-5-7-11-32(28)36-33/h4-21H,1-3H3. The number of nitrogens with zero attached hydrogens (tertiary/aromatic N) is 1. The summed E-state index contributed by atoms with van der Waals surface area (Å²) in [6.07, 6.45) is 0. The Kier molecular flexibility index (Phi) is 4.44. The first-order valence-corrected chi connectivity index (χ1v) is 12.5. The Balaban J connectivity index is 1.21. The van der Waals surface area contributed by atoms with Crippen molar-refractivity contribution in [2.24, 2.45) is 0 Å². The molecule has 0 N–H and O–H groups in total. The van der Waals surface area contributed by atoms with Gasteiger partial charge in [-0.2, -0.15) is 0 Å². The van der Waals surface area contributed by atoms with Crippen LogP contribution in [-0.2, 0) is 5.41 Å². The fraction of sp³-hybridized carbons (Fsp3) is 0.118. The predicted octanol–water partition coefficient (Wildman–Crippen LogP) is 9.33. The van der Waals surface area contributed by atoms with Gasteiger partial charge in [0, 0.05) is 34.6 Å². The second-order valence-corrected chi connectivity index (χ2v) is 10.3. The lowest BCUT2D eigenvalue weighted by molar-refractivity contribution is 0.660. The van der Waals surface area contributed by atoms with E-state index in [4.69, 9.17) is 4.42 Å². The summed E-state index contributed by atoms with van der Waals surface area (Å²) in [4.78, 5) is 2.27. The summed E-state index contributed by atoms with van der Waals surface area (Å²) < 4.78 is 6.00. The van der Waals surface area contributed by atoms with Crippen LogP contribution in [0, 0.1) is 0 Å². The van der Waals surface area contributed by atoms with E-state index in [0.717, 1.165) is 21.9 Å². The molecule has 0 fully saturated rings. The third-order valence-corrected chi connectivity index (χ3v) is 7.92. The molecule has 1 aliphatic carbocycles. The second kappa shape index (κ2) is 7.60. The average molecular weight is 466 g/mol. The molecular formula is C34H27NO. The summed E-state index contributed by atoms with van der Waals surface area (Å²) in [5.74, 6) is 0. The maximum atomic E-state index is 6.00. The molecule has 7 rings (SSSR count). The highest BCUT2D eigenvalue weighted by molar-refractivity contribution is 6.06. The van der Waals surface area contributed by atoms with E-state index in [1.54, 1.807) is 0 Å². The minimum atomic E-state index is 0.00252. The van der Waals surface area contributed by atoms with Crippen molar-refractivity contribution in [1.82, 2.24) is 0 Å². The Morgan fingerprint density at radius 2 is 1.22 bits per heavy atom. The van der Waals surface area contributed by atoms with Crippen LogP contribution in [0.1, 0.15) is 25.0 Å². The van der Waals surface area contributed by atoms with Crippen LogP contribution < -0.4 is 4.90 Å². The summed E-state index contributed by atoms with van der Waals surface area (Å²) in [7, 11) is 2.15. The monoisotopic (exact) mass is 465 g/mol. The first-order valence-electron chi connectivity index (χ1n) is 12.5. The molecule has 174 valence electrons. The number of furan rings is 1. The van der Waals surface area contributed by atoms with Gasteiger partial charge in [-0.25, -0.2) is 0 Å². The molecule has 1 heterocycles. The van der Waals surface area contributed by atoms with Crippen LogP contribution in [-0.4, -0.2) is 7.05 Å². The molecule has 5 aromatic carbocycles. The van der Waals surface area contributed by atoms with Crippen LogP contribution in [0.3, 0.4) is 0 Å². The van der Waals surface area contributed by atoms with Crippen molar-refractivity contribution in [3.05, 3.63) is 120 Å². The predicted molar refractivity (Wildman–Crippen MR) is 151 cm³/mol. The molecule has 0 bridgehead atoms. The number of benzene rings is 5. The lowest BCUT2D eigenvalue weighted by atomic mass is 9.82. The summed E-state index contributed by atoms with van der Waals surface area (Å²) in [5, 5.41) is 2.32. The van der Waals surface area contributed by atoms with E-state index in [9.17, 15) is 0 Å². The van der Waals surface area contributed by atoms with Gasteiger partial charge in [0.05, 0.1) is 0 Å². The largest absolute Gasteiger partial charge is 0.456 e. The van der Waals surface area contributed by atoms with Crippen molar-refractivity contribution in [3.63, 3.8) is 0 Å². The molecule has 0 aliphatic heterocycles. The van der Waals surface area contributed by atoms with Crippen LogP contribution in [0.25, 0.3) is 44.2 Å². The first-order chi connectivity index (χ1) is 17.5. The lowest BCUT2D eigenvalue weighted by Crippen LogP contribution is -2.16. The molecule has 36 heavy (non-hydrogen) atoms. The van der Waals surface area contributed by atoms with E-state index in [2.05, 4.69) is 123 Å². The Hall–Kier alpha value is -4.30. The third kappa shape index (κ3) is 3.04. The molecule has 0 amide bonds. The topological polar surface area (TPSA) is 16.4 Å². The van der Waals surface area contributed by atoms with E-state index < -0.39 is 0 Å². The highest BCUT2D eigenvalue weighted by Crippen LogP contribution is 2.49. The van der Waals surface area contributed by atoms with Gasteiger partial charge in [-0.15, -0.1) is 0 Å². The van der Waals surface area contributed by atoms with E-state index in [-0.39, 0.29) is 5.41 Å². The van der Waals surface area contributed by atoms with Gasteiger partial charge in [0.15, 0.2) is 0 Å². The van der Waals surface area contributed by atoms with Crippen molar-refractivity contribution in [2.45, 2.75) is 19.3 Å². The third-order valence-electron chi connectivity index (χ3n) is 7.92. The molecule has 0 radical (unpaired) electrons. The molecule has 2 nitrogen and oxygen atoms in total. The zero-order chi connectivity index (χ0) is 24.4. The number of rotatable bonds is 3. The SMILES string of the molecule is CN(c1ccc(-c2ccc3oc4ccccc4c3c2)cc1)c1ccc2c(c1)C(C)(C)c1ccccc1-2. The number of fused-ring (bicyclic) bond motifs is 6. The number of hydrogen-bond acceptors (Lipinski definition) is 2. The van der Waals surface area contributed by atoms with E-state index >= 15 is 0 Å². The van der Waals surface area contributed by atoms with Crippen molar-refractivity contribution in [2.75, 3.05) is 11.9 Å². The summed E-state index contributed by atoms with van der Waals surface area (Å²) in [6, 6.07) is 39.2. The fourth-order valence-electron chi connectivity index (χ4n) is 5.83. The van der Waals surface area contributed by atoms with E-state index in [1.807, 2.05) is 12.1 Å². The lowest BCUT2D eigenvalue weighted by Gasteiger charge is -2.25. The maximum absolute atomic E-state index is 6.00. The van der Waals surface area contributed by atoms with Gasteiger partial charge in [-0.3, -0.25) is 0 Å². The van der Waals surface area contributed by atoms with Crippen molar-refractivity contribution in [3.8, 4) is 22.3 Å². The summed E-state index contributed by atoms with van der Waals surface area (Å²) >= 11 is 0. The molecule has 0 unspecified atom stereocenters. The van der Waals surface area contributed by atoms with Gasteiger partial charge in [0.2, 0.25) is 0 Å². The number of anilines is 2. The maximum Gasteiger partial charge on any atom is 0.135 e. The van der Waals surface area contributed by atoms with Crippen LogP contribution in [0.15, 0.2) is 114 Å². The van der Waals surface area contributed by atoms with Crippen molar-refractivity contribution >= 4 is 33.3 Å². The Labute approximate surface area is 211 Å². The molecule has 1 aliphatic rings. The van der Waals surface area contributed by atoms with E-state index in [1.165, 1.54) is 44.8 Å². The number of para-hydroxylation sites is 1. The first kappa shape index (κ1) is 21.0. The van der Waals surface area contributed by atoms with E-state index in [0.29, 0.717) is 0 Å². The van der Waals surface area contributed by atoms with Crippen LogP contribution in [0.2, 0.25) is 0 Å². The summed E-state index contributed by atoms with van der Waals surface area (Å²) in [6.45, 7) is 4.66. The molecule has 0 atom stereocenters. The minimum Gasteiger partial charge on any atom is -0.456 e. The van der Waals surface area contributed by atoms with Crippen LogP contribution >= 0.6 is 0 Å². The van der Waals surface area contributed by atoms with Gasteiger partial charge in [0.25, 0.3) is 0 Å². The molecule has 0 spiro atoms. The Morgan fingerprint density at radius 1 is 0.556 bits per heavy atom. The fourth-order valence-corrected chi connectivity index (χ4v) is 5.83. The highest BCUT2D eigenvalue weighted by Gasteiger charge is 2.35. The van der Waals surface area contributed by atoms with Gasteiger partial charge >= 0.3 is 0 Å². The smallest absolute Gasteiger partial charge is 0.135 e. The molecule has 0 saturated heterocycles. The molecular weight excluding hydrogens is 438 g/mol. The van der Waals surface area contributed by atoms with Gasteiger partial charge in [0.1, 0.15) is 11.2 Å². The summed E-state index contributed by atoms with van der Waals surface area (Å²) in [5.41, 5.74) is 12.1. The van der Waals surface area contributed by atoms with Gasteiger partial charge in [-0.1, -0.05) is 80.6 Å².